The molecule has 1 saturated heterocycles. The Labute approximate surface area is 119 Å². The lowest BCUT2D eigenvalue weighted by Gasteiger charge is -2.27. The lowest BCUT2D eigenvalue weighted by atomic mass is 10.0. The van der Waals surface area contributed by atoms with Crippen molar-refractivity contribution in [1.29, 1.82) is 0 Å². The Hall–Kier alpha value is -0.430. The molecule has 1 aliphatic heterocycles. The summed E-state index contributed by atoms with van der Waals surface area (Å²) in [5.41, 5.74) is 0. The van der Waals surface area contributed by atoms with Gasteiger partial charge in [-0.1, -0.05) is 13.8 Å². The number of nitrogens with zero attached hydrogens (tertiary/aromatic N) is 1. The first-order valence-corrected chi connectivity index (χ1v) is 9.03. The molecule has 0 aliphatic carbocycles. The van der Waals surface area contributed by atoms with Gasteiger partial charge in [-0.15, -0.1) is 11.3 Å². The van der Waals surface area contributed by atoms with Crippen LogP contribution in [0.5, 0.6) is 0 Å². The Morgan fingerprint density at radius 1 is 1.53 bits per heavy atom. The highest BCUT2D eigenvalue weighted by atomic mass is 32.2. The van der Waals surface area contributed by atoms with Crippen LogP contribution in [-0.2, 0) is 16.6 Å². The molecule has 0 spiro atoms. The van der Waals surface area contributed by atoms with Crippen LogP contribution in [-0.4, -0.2) is 32.4 Å². The molecular formula is C13H22N2O2S2. The minimum Gasteiger partial charge on any atom is -0.315 e. The molecule has 6 heteroatoms. The third-order valence-corrected chi connectivity index (χ3v) is 6.71. The molecule has 1 N–H and O–H groups in total. The van der Waals surface area contributed by atoms with E-state index in [-0.39, 0.29) is 6.04 Å². The van der Waals surface area contributed by atoms with Gasteiger partial charge in [-0.25, -0.2) is 8.42 Å². The molecule has 19 heavy (non-hydrogen) atoms. The van der Waals surface area contributed by atoms with Gasteiger partial charge in [0, 0.05) is 24.0 Å². The van der Waals surface area contributed by atoms with Crippen LogP contribution in [0.2, 0.25) is 0 Å². The van der Waals surface area contributed by atoms with E-state index in [9.17, 15) is 8.42 Å². The zero-order valence-corrected chi connectivity index (χ0v) is 13.4. The molecule has 1 unspecified atom stereocenters. The molecular weight excluding hydrogens is 280 g/mol. The standard InChI is InChI=1S/C13H22N2O2S2/c1-10(2)11-5-4-7-15(11)19(16,17)13-6-8-18-12(13)9-14-3/h6,8,10-11,14H,4-5,7,9H2,1-3H3. The molecule has 1 aromatic rings. The molecule has 0 bridgehead atoms. The highest BCUT2D eigenvalue weighted by Crippen LogP contribution is 2.32. The van der Waals surface area contributed by atoms with Crippen LogP contribution < -0.4 is 5.32 Å². The first kappa shape index (κ1) is 15.0. The Morgan fingerprint density at radius 3 is 2.89 bits per heavy atom. The fraction of sp³-hybridized carbons (Fsp3) is 0.692. The normalized spacial score (nSPS) is 21.4. The minimum absolute atomic E-state index is 0.146. The molecule has 0 radical (unpaired) electrons. The predicted molar refractivity (Wildman–Crippen MR) is 78.8 cm³/mol. The SMILES string of the molecule is CNCc1sccc1S(=O)(=O)N1CCCC1C(C)C. The quantitative estimate of drug-likeness (QED) is 0.908. The fourth-order valence-corrected chi connectivity index (χ4v) is 5.96. The second-order valence-electron chi connectivity index (χ2n) is 5.31. The maximum Gasteiger partial charge on any atom is 0.244 e. The van der Waals surface area contributed by atoms with E-state index >= 15 is 0 Å². The molecule has 1 fully saturated rings. The van der Waals surface area contributed by atoms with Crippen molar-refractivity contribution in [2.45, 2.75) is 44.2 Å². The zero-order valence-electron chi connectivity index (χ0n) is 11.7. The Bertz CT molecular complexity index is 523. The van der Waals surface area contributed by atoms with Gasteiger partial charge in [0.05, 0.1) is 4.90 Å². The smallest absolute Gasteiger partial charge is 0.244 e. The number of nitrogens with one attached hydrogen (secondary N) is 1. The molecule has 1 aliphatic rings. The molecule has 2 rings (SSSR count). The Balaban J connectivity index is 2.34. The van der Waals surface area contributed by atoms with Crippen molar-refractivity contribution >= 4 is 21.4 Å². The topological polar surface area (TPSA) is 49.4 Å². The number of hydrogen-bond donors (Lipinski definition) is 1. The average molecular weight is 302 g/mol. The van der Waals surface area contributed by atoms with Crippen molar-refractivity contribution < 1.29 is 8.42 Å². The fourth-order valence-electron chi connectivity index (χ4n) is 2.70. The van der Waals surface area contributed by atoms with Gasteiger partial charge >= 0.3 is 0 Å². The van der Waals surface area contributed by atoms with Crippen molar-refractivity contribution in [3.05, 3.63) is 16.3 Å². The highest BCUT2D eigenvalue weighted by molar-refractivity contribution is 7.89. The molecule has 4 nitrogen and oxygen atoms in total. The van der Waals surface area contributed by atoms with E-state index < -0.39 is 10.0 Å². The van der Waals surface area contributed by atoms with Crippen molar-refractivity contribution in [3.63, 3.8) is 0 Å². The summed E-state index contributed by atoms with van der Waals surface area (Å²) in [5, 5.41) is 4.90. The van der Waals surface area contributed by atoms with Crippen molar-refractivity contribution in [3.8, 4) is 0 Å². The average Bonchev–Trinajstić information content (AvgIpc) is 2.97. The maximum absolute atomic E-state index is 12.8. The number of hydrogen-bond acceptors (Lipinski definition) is 4. The molecule has 1 atom stereocenters. The first-order chi connectivity index (χ1) is 8.98. The van der Waals surface area contributed by atoms with Gasteiger partial charge in [0.25, 0.3) is 0 Å². The summed E-state index contributed by atoms with van der Waals surface area (Å²) in [6, 6.07) is 1.88. The number of rotatable bonds is 5. The van der Waals surface area contributed by atoms with Crippen LogP contribution >= 0.6 is 11.3 Å². The van der Waals surface area contributed by atoms with Crippen LogP contribution in [0, 0.1) is 5.92 Å². The van der Waals surface area contributed by atoms with Gasteiger partial charge in [0.2, 0.25) is 10.0 Å². The summed E-state index contributed by atoms with van der Waals surface area (Å²) in [5.74, 6) is 0.365. The summed E-state index contributed by atoms with van der Waals surface area (Å²) in [4.78, 5) is 1.39. The lowest BCUT2D eigenvalue weighted by molar-refractivity contribution is 0.315. The first-order valence-electron chi connectivity index (χ1n) is 6.71. The van der Waals surface area contributed by atoms with Gasteiger partial charge in [-0.2, -0.15) is 4.31 Å². The van der Waals surface area contributed by atoms with E-state index in [2.05, 4.69) is 19.2 Å². The van der Waals surface area contributed by atoms with Gasteiger partial charge in [0.1, 0.15) is 0 Å². The van der Waals surface area contributed by atoms with Crippen LogP contribution in [0.15, 0.2) is 16.3 Å². The second kappa shape index (κ2) is 5.91. The van der Waals surface area contributed by atoms with E-state index in [4.69, 9.17) is 0 Å². The van der Waals surface area contributed by atoms with Crippen LogP contribution in [0.1, 0.15) is 31.6 Å². The highest BCUT2D eigenvalue weighted by Gasteiger charge is 2.37. The molecule has 0 amide bonds. The van der Waals surface area contributed by atoms with E-state index in [0.29, 0.717) is 23.9 Å². The van der Waals surface area contributed by atoms with Gasteiger partial charge in [-0.3, -0.25) is 0 Å². The Kier molecular flexibility index (Phi) is 4.66. The lowest BCUT2D eigenvalue weighted by Crippen LogP contribution is -2.38. The van der Waals surface area contributed by atoms with E-state index in [1.807, 2.05) is 12.4 Å². The number of sulfonamides is 1. The summed E-state index contributed by atoms with van der Waals surface area (Å²) in [6.45, 7) is 5.45. The monoisotopic (exact) mass is 302 g/mol. The van der Waals surface area contributed by atoms with Crippen LogP contribution in [0.4, 0.5) is 0 Å². The van der Waals surface area contributed by atoms with Gasteiger partial charge < -0.3 is 5.32 Å². The van der Waals surface area contributed by atoms with Crippen molar-refractivity contribution in [2.75, 3.05) is 13.6 Å². The predicted octanol–water partition coefficient (Wildman–Crippen LogP) is 2.28. The van der Waals surface area contributed by atoms with Gasteiger partial charge in [0.15, 0.2) is 0 Å². The zero-order chi connectivity index (χ0) is 14.0. The third-order valence-electron chi connectivity index (χ3n) is 3.65. The van der Waals surface area contributed by atoms with Crippen molar-refractivity contribution in [1.82, 2.24) is 9.62 Å². The molecule has 2 heterocycles. The molecule has 1 aromatic heterocycles. The molecule has 0 aromatic carbocycles. The van der Waals surface area contributed by atoms with Crippen LogP contribution in [0.3, 0.4) is 0 Å². The summed E-state index contributed by atoms with van der Waals surface area (Å²) < 4.78 is 27.3. The van der Waals surface area contributed by atoms with Crippen LogP contribution in [0.25, 0.3) is 0 Å². The summed E-state index contributed by atoms with van der Waals surface area (Å²) in [6.07, 6.45) is 1.94. The molecule has 108 valence electrons. The largest absolute Gasteiger partial charge is 0.315 e. The van der Waals surface area contributed by atoms with E-state index in [1.165, 1.54) is 11.3 Å². The summed E-state index contributed by atoms with van der Waals surface area (Å²) >= 11 is 1.50. The van der Waals surface area contributed by atoms with Crippen molar-refractivity contribution in [2.24, 2.45) is 5.92 Å². The summed E-state index contributed by atoms with van der Waals surface area (Å²) in [7, 11) is -1.50. The van der Waals surface area contributed by atoms with E-state index in [0.717, 1.165) is 17.7 Å². The Morgan fingerprint density at radius 2 is 2.26 bits per heavy atom. The minimum atomic E-state index is -3.34. The maximum atomic E-state index is 12.8. The van der Waals surface area contributed by atoms with E-state index in [1.54, 1.807) is 10.4 Å². The third kappa shape index (κ3) is 2.86. The molecule has 0 saturated carbocycles. The number of thiophene rings is 1. The van der Waals surface area contributed by atoms with Gasteiger partial charge in [-0.05, 0) is 37.3 Å². The second-order valence-corrected chi connectivity index (χ2v) is 8.17.